The third-order valence-electron chi connectivity index (χ3n) is 2.42. The average molecular weight is 263 g/mol. The quantitative estimate of drug-likeness (QED) is 0.503. The van der Waals surface area contributed by atoms with Gasteiger partial charge < -0.3 is 0 Å². The van der Waals surface area contributed by atoms with Crippen molar-refractivity contribution < 1.29 is 9.72 Å². The van der Waals surface area contributed by atoms with Gasteiger partial charge in [-0.3, -0.25) is 14.9 Å². The molecule has 0 radical (unpaired) electrons. The highest BCUT2D eigenvalue weighted by Gasteiger charge is 2.08. The SMILES string of the molecule is C/C(=N/NC(=O)CC(C)C)c1cccc([N+](=O)[O-])c1. The molecule has 0 fully saturated rings. The van der Waals surface area contributed by atoms with Crippen molar-refractivity contribution >= 4 is 17.3 Å². The third-order valence-corrected chi connectivity index (χ3v) is 2.42. The van der Waals surface area contributed by atoms with Gasteiger partial charge in [-0.05, 0) is 12.8 Å². The smallest absolute Gasteiger partial charge is 0.270 e. The minimum atomic E-state index is -0.464. The second-order valence-corrected chi connectivity index (χ2v) is 4.64. The van der Waals surface area contributed by atoms with E-state index in [1.54, 1.807) is 19.1 Å². The van der Waals surface area contributed by atoms with Gasteiger partial charge in [0, 0.05) is 24.1 Å². The maximum atomic E-state index is 11.4. The zero-order chi connectivity index (χ0) is 14.4. The molecule has 0 saturated heterocycles. The van der Waals surface area contributed by atoms with Crippen molar-refractivity contribution in [3.8, 4) is 0 Å². The van der Waals surface area contributed by atoms with Crippen molar-refractivity contribution in [1.82, 2.24) is 5.43 Å². The van der Waals surface area contributed by atoms with Gasteiger partial charge in [0.2, 0.25) is 5.91 Å². The van der Waals surface area contributed by atoms with Crippen molar-refractivity contribution in [2.24, 2.45) is 11.0 Å². The van der Waals surface area contributed by atoms with E-state index in [1.807, 2.05) is 13.8 Å². The van der Waals surface area contributed by atoms with Crippen LogP contribution in [0.15, 0.2) is 29.4 Å². The first kappa shape index (κ1) is 14.8. The molecule has 19 heavy (non-hydrogen) atoms. The summed E-state index contributed by atoms with van der Waals surface area (Å²) in [5.74, 6) is 0.0908. The molecule has 0 aliphatic rings. The van der Waals surface area contributed by atoms with Gasteiger partial charge in [0.1, 0.15) is 0 Å². The van der Waals surface area contributed by atoms with E-state index in [4.69, 9.17) is 0 Å². The summed E-state index contributed by atoms with van der Waals surface area (Å²) >= 11 is 0. The zero-order valence-electron chi connectivity index (χ0n) is 11.2. The maximum Gasteiger partial charge on any atom is 0.270 e. The van der Waals surface area contributed by atoms with E-state index in [0.29, 0.717) is 17.7 Å². The lowest BCUT2D eigenvalue weighted by molar-refractivity contribution is -0.384. The van der Waals surface area contributed by atoms with Crippen LogP contribution in [-0.2, 0) is 4.79 Å². The number of hydrogen-bond donors (Lipinski definition) is 1. The highest BCUT2D eigenvalue weighted by atomic mass is 16.6. The number of benzene rings is 1. The molecule has 1 amide bonds. The van der Waals surface area contributed by atoms with Gasteiger partial charge in [0.25, 0.3) is 5.69 Å². The van der Waals surface area contributed by atoms with Gasteiger partial charge >= 0.3 is 0 Å². The molecule has 0 atom stereocenters. The maximum absolute atomic E-state index is 11.4. The summed E-state index contributed by atoms with van der Waals surface area (Å²) in [4.78, 5) is 21.6. The van der Waals surface area contributed by atoms with E-state index >= 15 is 0 Å². The number of hydrazone groups is 1. The molecule has 0 aliphatic carbocycles. The average Bonchev–Trinajstić information content (AvgIpc) is 2.35. The van der Waals surface area contributed by atoms with Crippen molar-refractivity contribution in [3.05, 3.63) is 39.9 Å². The van der Waals surface area contributed by atoms with Crippen LogP contribution in [0.1, 0.15) is 32.8 Å². The van der Waals surface area contributed by atoms with Gasteiger partial charge in [0.05, 0.1) is 10.6 Å². The summed E-state index contributed by atoms with van der Waals surface area (Å²) < 4.78 is 0. The van der Waals surface area contributed by atoms with E-state index in [0.717, 1.165) is 0 Å². The monoisotopic (exact) mass is 263 g/mol. The van der Waals surface area contributed by atoms with Gasteiger partial charge in [0.15, 0.2) is 0 Å². The Bertz CT molecular complexity index is 510. The molecule has 0 saturated carbocycles. The van der Waals surface area contributed by atoms with E-state index < -0.39 is 4.92 Å². The Morgan fingerprint density at radius 3 is 2.74 bits per heavy atom. The van der Waals surface area contributed by atoms with Crippen LogP contribution in [0.2, 0.25) is 0 Å². The van der Waals surface area contributed by atoms with Crippen LogP contribution in [-0.4, -0.2) is 16.5 Å². The Morgan fingerprint density at radius 1 is 1.47 bits per heavy atom. The molecule has 0 spiro atoms. The number of non-ortho nitro benzene ring substituents is 1. The summed E-state index contributed by atoms with van der Waals surface area (Å²) in [5, 5.41) is 14.6. The first-order valence-corrected chi connectivity index (χ1v) is 5.98. The van der Waals surface area contributed by atoms with Crippen LogP contribution in [0.4, 0.5) is 5.69 Å². The van der Waals surface area contributed by atoms with Crippen molar-refractivity contribution in [2.45, 2.75) is 27.2 Å². The number of amides is 1. The molecule has 0 aromatic heterocycles. The number of nitrogens with zero attached hydrogens (tertiary/aromatic N) is 2. The summed E-state index contributed by atoms with van der Waals surface area (Å²) in [6.45, 7) is 5.57. The zero-order valence-corrected chi connectivity index (χ0v) is 11.2. The minimum absolute atomic E-state index is 0.000516. The van der Waals surface area contributed by atoms with E-state index in [1.165, 1.54) is 12.1 Å². The Labute approximate surface area is 111 Å². The second-order valence-electron chi connectivity index (χ2n) is 4.64. The molecule has 0 aliphatic heterocycles. The normalized spacial score (nSPS) is 11.5. The topological polar surface area (TPSA) is 84.6 Å². The number of carbonyl (C=O) groups is 1. The van der Waals surface area contributed by atoms with E-state index in [9.17, 15) is 14.9 Å². The fraction of sp³-hybridized carbons (Fsp3) is 0.385. The molecule has 0 bridgehead atoms. The largest absolute Gasteiger partial charge is 0.273 e. The second kappa shape index (κ2) is 6.63. The number of rotatable bonds is 5. The fourth-order valence-corrected chi connectivity index (χ4v) is 1.47. The Kier molecular flexibility index (Phi) is 5.17. The van der Waals surface area contributed by atoms with E-state index in [-0.39, 0.29) is 17.5 Å². The predicted octanol–water partition coefficient (Wildman–Crippen LogP) is 2.48. The lowest BCUT2D eigenvalue weighted by atomic mass is 10.1. The molecular formula is C13H17N3O3. The van der Waals surface area contributed by atoms with Crippen molar-refractivity contribution in [1.29, 1.82) is 0 Å². The highest BCUT2D eigenvalue weighted by molar-refractivity contribution is 5.99. The Balaban J connectivity index is 2.76. The summed E-state index contributed by atoms with van der Waals surface area (Å²) in [7, 11) is 0. The van der Waals surface area contributed by atoms with E-state index in [2.05, 4.69) is 10.5 Å². The number of carbonyl (C=O) groups excluding carboxylic acids is 1. The molecule has 1 aromatic carbocycles. The first-order chi connectivity index (χ1) is 8.90. The highest BCUT2D eigenvalue weighted by Crippen LogP contribution is 2.13. The molecule has 1 N–H and O–H groups in total. The van der Waals surface area contributed by atoms with Gasteiger partial charge in [-0.15, -0.1) is 0 Å². The number of nitro groups is 1. The van der Waals surface area contributed by atoms with Crippen LogP contribution in [0.3, 0.4) is 0 Å². The lowest BCUT2D eigenvalue weighted by Crippen LogP contribution is -2.20. The molecular weight excluding hydrogens is 246 g/mol. The van der Waals surface area contributed by atoms with Gasteiger partial charge in [-0.25, -0.2) is 5.43 Å². The van der Waals surface area contributed by atoms with Crippen molar-refractivity contribution in [3.63, 3.8) is 0 Å². The first-order valence-electron chi connectivity index (χ1n) is 5.98. The molecule has 6 heteroatoms. The number of hydrogen-bond acceptors (Lipinski definition) is 4. The molecule has 102 valence electrons. The standard InChI is InChI=1S/C13H17N3O3/c1-9(2)7-13(17)15-14-10(3)11-5-4-6-12(8-11)16(18)19/h4-6,8-9H,7H2,1-3H3,(H,15,17)/b14-10-. The molecule has 1 aromatic rings. The van der Waals surface area contributed by atoms with Crippen LogP contribution in [0.25, 0.3) is 0 Å². The summed E-state index contributed by atoms with van der Waals surface area (Å²) in [6.07, 6.45) is 0.395. The summed E-state index contributed by atoms with van der Waals surface area (Å²) in [5.41, 5.74) is 3.58. The molecule has 0 unspecified atom stereocenters. The molecule has 0 heterocycles. The third kappa shape index (κ3) is 4.87. The number of nitrogens with one attached hydrogen (secondary N) is 1. The number of nitro benzene ring substituents is 1. The fourth-order valence-electron chi connectivity index (χ4n) is 1.47. The van der Waals surface area contributed by atoms with Crippen molar-refractivity contribution in [2.75, 3.05) is 0 Å². The molecule has 1 rings (SSSR count). The Morgan fingerprint density at radius 2 is 2.16 bits per heavy atom. The van der Waals surface area contributed by atoms with Crippen LogP contribution in [0.5, 0.6) is 0 Å². The molecule has 6 nitrogen and oxygen atoms in total. The predicted molar refractivity (Wildman–Crippen MR) is 72.9 cm³/mol. The van der Waals surface area contributed by atoms with Gasteiger partial charge in [-0.1, -0.05) is 26.0 Å². The minimum Gasteiger partial charge on any atom is -0.273 e. The van der Waals surface area contributed by atoms with Crippen LogP contribution in [0, 0.1) is 16.0 Å². The van der Waals surface area contributed by atoms with Gasteiger partial charge in [-0.2, -0.15) is 5.10 Å². The summed E-state index contributed by atoms with van der Waals surface area (Å²) in [6, 6.07) is 6.13. The van der Waals surface area contributed by atoms with Crippen LogP contribution >= 0.6 is 0 Å². The lowest BCUT2D eigenvalue weighted by Gasteiger charge is -2.04. The Hall–Kier alpha value is -2.24. The van der Waals surface area contributed by atoms with Crippen LogP contribution < -0.4 is 5.43 Å².